The van der Waals surface area contributed by atoms with Gasteiger partial charge in [0.2, 0.25) is 0 Å². The van der Waals surface area contributed by atoms with Crippen LogP contribution in [0.15, 0.2) is 0 Å². The van der Waals surface area contributed by atoms with E-state index in [0.717, 1.165) is 31.6 Å². The normalized spacial score (nSPS) is 57.7. The summed E-state index contributed by atoms with van der Waals surface area (Å²) in [6, 6.07) is 0. The summed E-state index contributed by atoms with van der Waals surface area (Å²) < 4.78 is 0. The molecule has 5 saturated carbocycles. The molecule has 0 bridgehead atoms. The zero-order valence-electron chi connectivity index (χ0n) is 18.9. The maximum absolute atomic E-state index is 12.8. The first-order valence-corrected chi connectivity index (χ1v) is 12.2. The van der Waals surface area contributed by atoms with Gasteiger partial charge in [-0.2, -0.15) is 0 Å². The molecule has 0 saturated heterocycles. The molecule has 4 unspecified atom stereocenters. The van der Waals surface area contributed by atoms with E-state index in [1.807, 2.05) is 0 Å². The Morgan fingerprint density at radius 3 is 2.25 bits per heavy atom. The van der Waals surface area contributed by atoms with Gasteiger partial charge in [0.05, 0.1) is 5.60 Å². The van der Waals surface area contributed by atoms with Crippen LogP contribution in [0.3, 0.4) is 0 Å². The number of ketones is 1. The van der Waals surface area contributed by atoms with Crippen molar-refractivity contribution in [3.8, 4) is 0 Å². The van der Waals surface area contributed by atoms with Gasteiger partial charge in [-0.15, -0.1) is 0 Å². The summed E-state index contributed by atoms with van der Waals surface area (Å²) in [6.07, 6.45) is 12.8. The molecular formula is C26H42O2. The lowest BCUT2D eigenvalue weighted by Crippen LogP contribution is -2.66. The van der Waals surface area contributed by atoms with Gasteiger partial charge in [0.15, 0.2) is 0 Å². The highest BCUT2D eigenvalue weighted by atomic mass is 16.3. The molecule has 158 valence electrons. The van der Waals surface area contributed by atoms with Gasteiger partial charge < -0.3 is 5.11 Å². The molecule has 0 aromatic heterocycles. The topological polar surface area (TPSA) is 37.3 Å². The molecule has 1 N–H and O–H groups in total. The Balaban J connectivity index is 1.54. The summed E-state index contributed by atoms with van der Waals surface area (Å²) in [6.45, 7) is 12.3. The summed E-state index contributed by atoms with van der Waals surface area (Å²) in [5.41, 5.74) is 0.526. The van der Waals surface area contributed by atoms with Crippen LogP contribution < -0.4 is 0 Å². The van der Waals surface area contributed by atoms with Crippen LogP contribution in [0.2, 0.25) is 0 Å². The SMILES string of the molecule is CC1(C)C(=O)CC[C@@]2(C)C1CC[C@]1(C)C2CCC2C3CCC[C@]3(O)CC[C@]21C. The summed E-state index contributed by atoms with van der Waals surface area (Å²) in [4.78, 5) is 12.8. The summed E-state index contributed by atoms with van der Waals surface area (Å²) in [5.74, 6) is 3.03. The molecule has 0 amide bonds. The lowest BCUT2D eigenvalue weighted by atomic mass is 9.33. The number of fused-ring (bicyclic) bond motifs is 7. The Kier molecular flexibility index (Phi) is 3.95. The van der Waals surface area contributed by atoms with Crippen LogP contribution in [0, 0.1) is 45.3 Å². The molecule has 0 aliphatic heterocycles. The van der Waals surface area contributed by atoms with Crippen molar-refractivity contribution in [3.05, 3.63) is 0 Å². The van der Waals surface area contributed by atoms with Gasteiger partial charge in [0, 0.05) is 11.8 Å². The molecule has 28 heavy (non-hydrogen) atoms. The number of rotatable bonds is 0. The zero-order chi connectivity index (χ0) is 20.2. The van der Waals surface area contributed by atoms with Crippen molar-refractivity contribution >= 4 is 5.78 Å². The quantitative estimate of drug-likeness (QED) is 0.541. The lowest BCUT2D eigenvalue weighted by Gasteiger charge is -2.71. The second-order valence-electron chi connectivity index (χ2n) is 12.9. The van der Waals surface area contributed by atoms with Crippen molar-refractivity contribution in [1.29, 1.82) is 0 Å². The molecule has 0 spiro atoms. The van der Waals surface area contributed by atoms with Crippen LogP contribution in [-0.4, -0.2) is 16.5 Å². The van der Waals surface area contributed by atoms with Crippen molar-refractivity contribution in [2.75, 3.05) is 0 Å². The third-order valence-corrected chi connectivity index (χ3v) is 12.1. The van der Waals surface area contributed by atoms with E-state index in [1.54, 1.807) is 0 Å². The molecule has 5 aliphatic rings. The fraction of sp³-hybridized carbons (Fsp3) is 0.962. The number of aliphatic hydroxyl groups is 1. The number of carbonyl (C=O) groups excluding carboxylic acids is 1. The summed E-state index contributed by atoms with van der Waals surface area (Å²) in [7, 11) is 0. The third-order valence-electron chi connectivity index (χ3n) is 12.1. The average molecular weight is 387 g/mol. The first kappa shape index (κ1) is 19.6. The first-order valence-electron chi connectivity index (χ1n) is 12.2. The standard InChI is InChI=1S/C26H42O2/c1-22(2)19-10-14-25(5)20(23(19,3)13-11-21(22)27)9-8-17-18-7-6-12-26(18,28)16-15-24(17,25)4/h17-20,28H,6-16H2,1-5H3/t17?,18?,19?,20?,23-,24+,25+,26-/m0/s1. The van der Waals surface area contributed by atoms with Gasteiger partial charge in [-0.25, -0.2) is 0 Å². The monoisotopic (exact) mass is 386 g/mol. The Hall–Kier alpha value is -0.370. The van der Waals surface area contributed by atoms with Crippen molar-refractivity contribution in [2.24, 2.45) is 45.3 Å². The van der Waals surface area contributed by atoms with Crippen molar-refractivity contribution in [1.82, 2.24) is 0 Å². The fourth-order valence-electron chi connectivity index (χ4n) is 10.3. The number of Topliss-reactive ketones (excluding diaryl/α,β-unsaturated/α-hetero) is 1. The molecule has 2 heteroatoms. The molecule has 5 rings (SSSR count). The minimum atomic E-state index is -0.353. The molecule has 0 radical (unpaired) electrons. The second-order valence-corrected chi connectivity index (χ2v) is 12.9. The minimum Gasteiger partial charge on any atom is -0.390 e. The minimum absolute atomic E-state index is 0.148. The Morgan fingerprint density at radius 1 is 0.750 bits per heavy atom. The van der Waals surface area contributed by atoms with E-state index in [2.05, 4.69) is 34.6 Å². The van der Waals surface area contributed by atoms with Gasteiger partial charge in [0.1, 0.15) is 5.78 Å². The van der Waals surface area contributed by atoms with Crippen molar-refractivity contribution in [3.63, 3.8) is 0 Å². The van der Waals surface area contributed by atoms with Crippen LogP contribution in [-0.2, 0) is 4.79 Å². The van der Waals surface area contributed by atoms with Crippen molar-refractivity contribution < 1.29 is 9.90 Å². The molecule has 0 aromatic rings. The Bertz CT molecular complexity index is 697. The summed E-state index contributed by atoms with van der Waals surface area (Å²) >= 11 is 0. The predicted octanol–water partition coefficient (Wildman–Crippen LogP) is 6.16. The second kappa shape index (κ2) is 5.65. The molecule has 0 heterocycles. The number of hydrogen-bond donors (Lipinski definition) is 1. The van der Waals surface area contributed by atoms with Crippen LogP contribution in [0.1, 0.15) is 105 Å². The van der Waals surface area contributed by atoms with E-state index < -0.39 is 0 Å². The average Bonchev–Trinajstić information content (AvgIpc) is 3.01. The molecular weight excluding hydrogens is 344 g/mol. The van der Waals surface area contributed by atoms with Gasteiger partial charge in [-0.3, -0.25) is 4.79 Å². The van der Waals surface area contributed by atoms with Gasteiger partial charge in [-0.1, -0.05) is 41.0 Å². The van der Waals surface area contributed by atoms with E-state index >= 15 is 0 Å². The molecule has 0 aromatic carbocycles. The van der Waals surface area contributed by atoms with Crippen molar-refractivity contribution in [2.45, 2.75) is 111 Å². The maximum atomic E-state index is 12.8. The van der Waals surface area contributed by atoms with Gasteiger partial charge >= 0.3 is 0 Å². The van der Waals surface area contributed by atoms with Crippen LogP contribution in [0.4, 0.5) is 0 Å². The van der Waals surface area contributed by atoms with Crippen LogP contribution in [0.25, 0.3) is 0 Å². The van der Waals surface area contributed by atoms with E-state index in [-0.39, 0.29) is 11.0 Å². The smallest absolute Gasteiger partial charge is 0.138 e. The Labute approximate surface area is 172 Å². The zero-order valence-corrected chi connectivity index (χ0v) is 18.9. The van der Waals surface area contributed by atoms with Crippen LogP contribution >= 0.6 is 0 Å². The summed E-state index contributed by atoms with van der Waals surface area (Å²) in [5, 5.41) is 11.3. The third kappa shape index (κ3) is 2.12. The highest BCUT2D eigenvalue weighted by Gasteiger charge is 2.69. The van der Waals surface area contributed by atoms with Gasteiger partial charge in [-0.05, 0) is 97.7 Å². The van der Waals surface area contributed by atoms with Crippen LogP contribution in [0.5, 0.6) is 0 Å². The predicted molar refractivity (Wildman–Crippen MR) is 113 cm³/mol. The molecule has 5 fully saturated rings. The van der Waals surface area contributed by atoms with E-state index in [0.29, 0.717) is 39.8 Å². The maximum Gasteiger partial charge on any atom is 0.138 e. The Morgan fingerprint density at radius 2 is 1.50 bits per heavy atom. The fourth-order valence-corrected chi connectivity index (χ4v) is 10.3. The van der Waals surface area contributed by atoms with E-state index in [1.165, 1.54) is 44.9 Å². The highest BCUT2D eigenvalue weighted by Crippen LogP contribution is 2.75. The van der Waals surface area contributed by atoms with Gasteiger partial charge in [0.25, 0.3) is 0 Å². The number of hydrogen-bond acceptors (Lipinski definition) is 2. The first-order chi connectivity index (χ1) is 13.0. The van der Waals surface area contributed by atoms with E-state index in [9.17, 15) is 9.90 Å². The molecule has 8 atom stereocenters. The van der Waals surface area contributed by atoms with E-state index in [4.69, 9.17) is 0 Å². The lowest BCUT2D eigenvalue weighted by molar-refractivity contribution is -0.239. The number of carbonyl (C=O) groups is 1. The largest absolute Gasteiger partial charge is 0.390 e. The highest BCUT2D eigenvalue weighted by molar-refractivity contribution is 5.85. The molecule has 2 nitrogen and oxygen atoms in total. The molecule has 5 aliphatic carbocycles.